The molecule has 0 spiro atoms. The topological polar surface area (TPSA) is 46.9 Å². The van der Waals surface area contributed by atoms with Crippen molar-refractivity contribution in [3.05, 3.63) is 58.7 Å². The summed E-state index contributed by atoms with van der Waals surface area (Å²) in [4.78, 5) is 17.1. The van der Waals surface area contributed by atoms with Crippen molar-refractivity contribution in [3.63, 3.8) is 0 Å². The Morgan fingerprint density at radius 2 is 1.73 bits per heavy atom. The molecule has 0 saturated heterocycles. The number of anilines is 1. The lowest BCUT2D eigenvalue weighted by Gasteiger charge is -2.11. The zero-order chi connectivity index (χ0) is 15.9. The predicted octanol–water partition coefficient (Wildman–Crippen LogP) is 3.75. The molecule has 3 aromatic rings. The van der Waals surface area contributed by atoms with E-state index in [-0.39, 0.29) is 5.91 Å². The maximum atomic E-state index is 12.6. The molecule has 2 aromatic carbocycles. The fourth-order valence-corrected chi connectivity index (χ4v) is 2.96. The Labute approximate surface area is 129 Å². The second kappa shape index (κ2) is 5.30. The molecule has 1 heterocycles. The van der Waals surface area contributed by atoms with Gasteiger partial charge in [-0.15, -0.1) is 0 Å². The van der Waals surface area contributed by atoms with Gasteiger partial charge in [0.05, 0.1) is 11.0 Å². The molecule has 0 aliphatic rings. The second-order valence-electron chi connectivity index (χ2n) is 5.71. The lowest BCUT2D eigenvalue weighted by atomic mass is 9.99. The van der Waals surface area contributed by atoms with E-state index < -0.39 is 0 Å². The SMILES string of the molecule is Cc1cc(C)c(C(=O)Nc2nc3ccccc3n2C)c(C)c1. The third kappa shape index (κ3) is 2.37. The maximum Gasteiger partial charge on any atom is 0.258 e. The lowest BCUT2D eigenvalue weighted by Crippen LogP contribution is -2.17. The number of carbonyl (C=O) groups is 1. The van der Waals surface area contributed by atoms with Gasteiger partial charge in [-0.05, 0) is 44.0 Å². The zero-order valence-electron chi connectivity index (χ0n) is 13.3. The van der Waals surface area contributed by atoms with E-state index in [4.69, 9.17) is 0 Å². The monoisotopic (exact) mass is 293 g/mol. The fraction of sp³-hybridized carbons (Fsp3) is 0.222. The average molecular weight is 293 g/mol. The number of benzene rings is 2. The van der Waals surface area contributed by atoms with E-state index in [1.54, 1.807) is 0 Å². The third-order valence-electron chi connectivity index (χ3n) is 3.92. The summed E-state index contributed by atoms with van der Waals surface area (Å²) in [5, 5.41) is 2.93. The molecule has 112 valence electrons. The summed E-state index contributed by atoms with van der Waals surface area (Å²) < 4.78 is 1.89. The van der Waals surface area contributed by atoms with Gasteiger partial charge in [-0.3, -0.25) is 10.1 Å². The summed E-state index contributed by atoms with van der Waals surface area (Å²) >= 11 is 0. The number of imidazole rings is 1. The quantitative estimate of drug-likeness (QED) is 0.782. The summed E-state index contributed by atoms with van der Waals surface area (Å²) in [5.74, 6) is 0.444. The van der Waals surface area contributed by atoms with Crippen LogP contribution in [0.15, 0.2) is 36.4 Å². The number of hydrogen-bond acceptors (Lipinski definition) is 2. The Kier molecular flexibility index (Phi) is 3.45. The summed E-state index contributed by atoms with van der Waals surface area (Å²) in [7, 11) is 1.90. The van der Waals surface area contributed by atoms with Crippen LogP contribution in [0.5, 0.6) is 0 Å². The largest absolute Gasteiger partial charge is 0.313 e. The van der Waals surface area contributed by atoms with Gasteiger partial charge in [0.15, 0.2) is 0 Å². The number of para-hydroxylation sites is 2. The van der Waals surface area contributed by atoms with E-state index in [1.165, 1.54) is 0 Å². The number of nitrogens with one attached hydrogen (secondary N) is 1. The standard InChI is InChI=1S/C18H19N3O/c1-11-9-12(2)16(13(3)10-11)17(22)20-18-19-14-7-5-6-8-15(14)21(18)4/h5-10H,1-4H3,(H,19,20,22). The molecule has 0 aliphatic heterocycles. The normalized spacial score (nSPS) is 10.9. The van der Waals surface area contributed by atoms with Gasteiger partial charge >= 0.3 is 0 Å². The van der Waals surface area contributed by atoms with Gasteiger partial charge in [0.2, 0.25) is 5.95 Å². The van der Waals surface area contributed by atoms with Gasteiger partial charge in [-0.1, -0.05) is 29.8 Å². The highest BCUT2D eigenvalue weighted by Crippen LogP contribution is 2.21. The number of fused-ring (bicyclic) bond motifs is 1. The maximum absolute atomic E-state index is 12.6. The lowest BCUT2D eigenvalue weighted by molar-refractivity contribution is 0.102. The number of rotatable bonds is 2. The van der Waals surface area contributed by atoms with E-state index in [2.05, 4.69) is 10.3 Å². The molecule has 4 nitrogen and oxygen atoms in total. The van der Waals surface area contributed by atoms with Crippen molar-refractivity contribution in [3.8, 4) is 0 Å². The Bertz CT molecular complexity index is 854. The van der Waals surface area contributed by atoms with E-state index >= 15 is 0 Å². The first kappa shape index (κ1) is 14.3. The minimum Gasteiger partial charge on any atom is -0.313 e. The Morgan fingerprint density at radius 1 is 1.09 bits per heavy atom. The number of aryl methyl sites for hydroxylation is 4. The van der Waals surface area contributed by atoms with Crippen LogP contribution in [0.4, 0.5) is 5.95 Å². The molecule has 0 bridgehead atoms. The number of nitrogens with zero attached hydrogens (tertiary/aromatic N) is 2. The Morgan fingerprint density at radius 3 is 2.36 bits per heavy atom. The summed E-state index contributed by atoms with van der Waals surface area (Å²) in [6.07, 6.45) is 0. The summed E-state index contributed by atoms with van der Waals surface area (Å²) in [6.45, 7) is 5.96. The van der Waals surface area contributed by atoms with Crippen molar-refractivity contribution in [2.75, 3.05) is 5.32 Å². The minimum absolute atomic E-state index is 0.117. The summed E-state index contributed by atoms with van der Waals surface area (Å²) in [5.41, 5.74) is 5.71. The first-order chi connectivity index (χ1) is 10.5. The first-order valence-corrected chi connectivity index (χ1v) is 7.28. The molecule has 0 saturated carbocycles. The molecule has 0 radical (unpaired) electrons. The van der Waals surface area contributed by atoms with E-state index in [9.17, 15) is 4.79 Å². The molecule has 1 aromatic heterocycles. The Hall–Kier alpha value is -2.62. The van der Waals surface area contributed by atoms with Crippen LogP contribution in [0, 0.1) is 20.8 Å². The molecule has 0 aliphatic carbocycles. The van der Waals surface area contributed by atoms with Crippen LogP contribution in [-0.4, -0.2) is 15.5 Å². The van der Waals surface area contributed by atoms with Crippen LogP contribution in [0.1, 0.15) is 27.0 Å². The van der Waals surface area contributed by atoms with Crippen LogP contribution >= 0.6 is 0 Å². The number of aromatic nitrogens is 2. The molecule has 1 N–H and O–H groups in total. The van der Waals surface area contributed by atoms with Crippen molar-refractivity contribution >= 4 is 22.9 Å². The van der Waals surface area contributed by atoms with Gasteiger partial charge in [0.25, 0.3) is 5.91 Å². The van der Waals surface area contributed by atoms with Crippen LogP contribution in [0.25, 0.3) is 11.0 Å². The van der Waals surface area contributed by atoms with E-state index in [0.717, 1.165) is 33.3 Å². The van der Waals surface area contributed by atoms with Gasteiger partial charge in [0, 0.05) is 12.6 Å². The van der Waals surface area contributed by atoms with Gasteiger partial charge in [0.1, 0.15) is 0 Å². The van der Waals surface area contributed by atoms with Crippen LogP contribution in [0.3, 0.4) is 0 Å². The highest BCUT2D eigenvalue weighted by Gasteiger charge is 2.16. The second-order valence-corrected chi connectivity index (χ2v) is 5.71. The van der Waals surface area contributed by atoms with Crippen molar-refractivity contribution < 1.29 is 4.79 Å². The minimum atomic E-state index is -0.117. The molecule has 4 heteroatoms. The number of amides is 1. The van der Waals surface area contributed by atoms with E-state index in [0.29, 0.717) is 5.95 Å². The molecule has 22 heavy (non-hydrogen) atoms. The molecule has 1 amide bonds. The summed E-state index contributed by atoms with van der Waals surface area (Å²) in [6, 6.07) is 11.9. The molecule has 3 rings (SSSR count). The van der Waals surface area contributed by atoms with E-state index in [1.807, 2.05) is 68.8 Å². The van der Waals surface area contributed by atoms with Crippen LogP contribution in [0.2, 0.25) is 0 Å². The van der Waals surface area contributed by atoms with Crippen molar-refractivity contribution in [1.29, 1.82) is 0 Å². The molecule has 0 atom stereocenters. The van der Waals surface area contributed by atoms with Crippen molar-refractivity contribution in [1.82, 2.24) is 9.55 Å². The van der Waals surface area contributed by atoms with Crippen LogP contribution < -0.4 is 5.32 Å². The van der Waals surface area contributed by atoms with Crippen LogP contribution in [-0.2, 0) is 7.05 Å². The molecule has 0 fully saturated rings. The smallest absolute Gasteiger partial charge is 0.258 e. The predicted molar refractivity (Wildman–Crippen MR) is 89.3 cm³/mol. The van der Waals surface area contributed by atoms with Crippen molar-refractivity contribution in [2.24, 2.45) is 7.05 Å². The number of carbonyl (C=O) groups excluding carboxylic acids is 1. The zero-order valence-corrected chi connectivity index (χ0v) is 13.3. The molecule has 0 unspecified atom stereocenters. The fourth-order valence-electron chi connectivity index (χ4n) is 2.96. The highest BCUT2D eigenvalue weighted by atomic mass is 16.1. The number of hydrogen-bond donors (Lipinski definition) is 1. The van der Waals surface area contributed by atoms with Gasteiger partial charge in [-0.25, -0.2) is 4.98 Å². The molecular weight excluding hydrogens is 274 g/mol. The molecular formula is C18H19N3O. The van der Waals surface area contributed by atoms with Gasteiger partial charge in [-0.2, -0.15) is 0 Å². The van der Waals surface area contributed by atoms with Crippen molar-refractivity contribution in [2.45, 2.75) is 20.8 Å². The third-order valence-corrected chi connectivity index (χ3v) is 3.92. The Balaban J connectivity index is 1.99. The highest BCUT2D eigenvalue weighted by molar-refractivity contribution is 6.06. The average Bonchev–Trinajstić information content (AvgIpc) is 2.75. The first-order valence-electron chi connectivity index (χ1n) is 7.28. The van der Waals surface area contributed by atoms with Gasteiger partial charge < -0.3 is 4.57 Å².